The summed E-state index contributed by atoms with van der Waals surface area (Å²) in [6.45, 7) is 0.560. The SMILES string of the molecule is O=C(c1cccc(O)c1)N1CC2(C1)[C@H](COc1ccccn1)CCS2(=O)=O. The van der Waals surface area contributed by atoms with E-state index in [-0.39, 0.29) is 43.0 Å². The van der Waals surface area contributed by atoms with Crippen molar-refractivity contribution in [2.75, 3.05) is 25.4 Å². The Morgan fingerprint density at radius 2 is 2.07 bits per heavy atom. The lowest BCUT2D eigenvalue weighted by atomic mass is 9.83. The van der Waals surface area contributed by atoms with Gasteiger partial charge in [-0.25, -0.2) is 13.4 Å². The molecular weight excluding hydrogens is 368 g/mol. The molecule has 0 aliphatic carbocycles. The molecule has 1 spiro atoms. The third kappa shape index (κ3) is 3.03. The zero-order valence-electron chi connectivity index (χ0n) is 14.6. The molecule has 142 valence electrons. The van der Waals surface area contributed by atoms with Crippen molar-refractivity contribution in [3.05, 3.63) is 54.2 Å². The van der Waals surface area contributed by atoms with Crippen molar-refractivity contribution in [3.8, 4) is 11.6 Å². The molecule has 7 nitrogen and oxygen atoms in total. The van der Waals surface area contributed by atoms with Crippen LogP contribution in [0.3, 0.4) is 0 Å². The zero-order valence-corrected chi connectivity index (χ0v) is 15.4. The number of rotatable bonds is 4. The standard InChI is InChI=1S/C19H20N2O5S/c22-16-5-3-4-14(10-16)18(23)21-12-19(13-21)15(7-9-27(19,24)25)11-26-17-6-1-2-8-20-17/h1-6,8,10,15,22H,7,9,11-13H2/t15-/m0/s1. The third-order valence-corrected chi connectivity index (χ3v) is 8.07. The second-order valence-electron chi connectivity index (χ2n) is 7.06. The van der Waals surface area contributed by atoms with Gasteiger partial charge in [-0.05, 0) is 30.7 Å². The van der Waals surface area contributed by atoms with Crippen LogP contribution < -0.4 is 4.74 Å². The number of sulfone groups is 1. The maximum absolute atomic E-state index is 12.7. The number of hydrogen-bond donors (Lipinski definition) is 1. The number of aromatic nitrogens is 1. The molecule has 2 aromatic rings. The highest BCUT2D eigenvalue weighted by atomic mass is 32.2. The minimum Gasteiger partial charge on any atom is -0.508 e. The molecule has 3 heterocycles. The van der Waals surface area contributed by atoms with Gasteiger partial charge in [0.2, 0.25) is 5.88 Å². The maximum atomic E-state index is 12.7. The van der Waals surface area contributed by atoms with Crippen LogP contribution in [-0.2, 0) is 9.84 Å². The minimum absolute atomic E-state index is 0.00575. The van der Waals surface area contributed by atoms with Gasteiger partial charge in [-0.15, -0.1) is 0 Å². The normalized spacial score (nSPS) is 22.4. The number of carbonyl (C=O) groups is 1. The van der Waals surface area contributed by atoms with Crippen LogP contribution in [0.5, 0.6) is 11.6 Å². The summed E-state index contributed by atoms with van der Waals surface area (Å²) in [6, 6.07) is 11.4. The highest BCUT2D eigenvalue weighted by Gasteiger charge is 2.62. The molecule has 2 saturated heterocycles. The summed E-state index contributed by atoms with van der Waals surface area (Å²) in [5, 5.41) is 9.55. The molecule has 2 aliphatic rings. The van der Waals surface area contributed by atoms with E-state index in [0.717, 1.165) is 0 Å². The molecular formula is C19H20N2O5S. The van der Waals surface area contributed by atoms with Gasteiger partial charge in [0.15, 0.2) is 9.84 Å². The molecule has 0 saturated carbocycles. The van der Waals surface area contributed by atoms with E-state index in [1.54, 1.807) is 30.5 Å². The molecule has 0 unspecified atom stereocenters. The second kappa shape index (κ2) is 6.53. The lowest BCUT2D eigenvalue weighted by Crippen LogP contribution is -2.68. The third-order valence-electron chi connectivity index (χ3n) is 5.47. The molecule has 2 fully saturated rings. The maximum Gasteiger partial charge on any atom is 0.254 e. The Hall–Kier alpha value is -2.61. The van der Waals surface area contributed by atoms with Crippen LogP contribution in [0.1, 0.15) is 16.8 Å². The molecule has 0 bridgehead atoms. The number of aromatic hydroxyl groups is 1. The van der Waals surface area contributed by atoms with E-state index in [4.69, 9.17) is 4.74 Å². The van der Waals surface area contributed by atoms with E-state index in [0.29, 0.717) is 17.9 Å². The van der Waals surface area contributed by atoms with Gasteiger partial charge in [0.25, 0.3) is 5.91 Å². The molecule has 1 aromatic carbocycles. The summed E-state index contributed by atoms with van der Waals surface area (Å²) < 4.78 is 30.1. The average molecular weight is 388 g/mol. The highest BCUT2D eigenvalue weighted by molar-refractivity contribution is 7.93. The number of amides is 1. The smallest absolute Gasteiger partial charge is 0.254 e. The molecule has 1 aromatic heterocycles. The van der Waals surface area contributed by atoms with Gasteiger partial charge >= 0.3 is 0 Å². The van der Waals surface area contributed by atoms with Gasteiger partial charge in [-0.3, -0.25) is 4.79 Å². The van der Waals surface area contributed by atoms with Gasteiger partial charge < -0.3 is 14.7 Å². The molecule has 4 rings (SSSR count). The van der Waals surface area contributed by atoms with Gasteiger partial charge in [-0.1, -0.05) is 12.1 Å². The number of pyridine rings is 1. The number of likely N-dealkylation sites (tertiary alicyclic amines) is 1. The molecule has 27 heavy (non-hydrogen) atoms. The van der Waals surface area contributed by atoms with Crippen LogP contribution in [0.25, 0.3) is 0 Å². The lowest BCUT2D eigenvalue weighted by Gasteiger charge is -2.49. The first-order valence-corrected chi connectivity index (χ1v) is 10.4. The molecule has 0 radical (unpaired) electrons. The fourth-order valence-electron chi connectivity index (χ4n) is 3.89. The van der Waals surface area contributed by atoms with E-state index in [2.05, 4.69) is 4.98 Å². The summed E-state index contributed by atoms with van der Waals surface area (Å²) >= 11 is 0. The summed E-state index contributed by atoms with van der Waals surface area (Å²) in [5.74, 6) is 0.119. The van der Waals surface area contributed by atoms with E-state index in [1.807, 2.05) is 6.07 Å². The Labute approximate surface area is 157 Å². The highest BCUT2D eigenvalue weighted by Crippen LogP contribution is 2.45. The summed E-state index contributed by atoms with van der Waals surface area (Å²) in [6.07, 6.45) is 2.14. The van der Waals surface area contributed by atoms with Crippen LogP contribution in [-0.4, -0.2) is 59.5 Å². The van der Waals surface area contributed by atoms with Crippen LogP contribution in [0.2, 0.25) is 0 Å². The Balaban J connectivity index is 1.48. The monoisotopic (exact) mass is 388 g/mol. The molecule has 1 amide bonds. The van der Waals surface area contributed by atoms with Crippen molar-refractivity contribution < 1.29 is 23.1 Å². The minimum atomic E-state index is -3.30. The van der Waals surface area contributed by atoms with Crippen molar-refractivity contribution in [1.29, 1.82) is 0 Å². The van der Waals surface area contributed by atoms with Gasteiger partial charge in [0.1, 0.15) is 10.5 Å². The lowest BCUT2D eigenvalue weighted by molar-refractivity contribution is 0.0406. The predicted octanol–water partition coefficient (Wildman–Crippen LogP) is 1.50. The summed E-state index contributed by atoms with van der Waals surface area (Å²) in [5.41, 5.74) is 0.349. The second-order valence-corrected chi connectivity index (χ2v) is 9.51. The summed E-state index contributed by atoms with van der Waals surface area (Å²) in [4.78, 5) is 18.2. The van der Waals surface area contributed by atoms with Crippen molar-refractivity contribution in [3.63, 3.8) is 0 Å². The van der Waals surface area contributed by atoms with E-state index < -0.39 is 14.6 Å². The number of benzene rings is 1. The average Bonchev–Trinajstić information content (AvgIpc) is 2.89. The van der Waals surface area contributed by atoms with Crippen LogP contribution in [0, 0.1) is 5.92 Å². The fraction of sp³-hybridized carbons (Fsp3) is 0.368. The summed E-state index contributed by atoms with van der Waals surface area (Å²) in [7, 11) is -3.30. The fourth-order valence-corrected chi connectivity index (χ4v) is 6.29. The number of phenolic OH excluding ortho intramolecular Hbond substituents is 1. The number of phenols is 1. The van der Waals surface area contributed by atoms with E-state index in [1.165, 1.54) is 17.0 Å². The van der Waals surface area contributed by atoms with Crippen LogP contribution in [0.4, 0.5) is 0 Å². The molecule has 1 atom stereocenters. The van der Waals surface area contributed by atoms with Crippen molar-refractivity contribution in [2.45, 2.75) is 11.2 Å². The van der Waals surface area contributed by atoms with E-state index >= 15 is 0 Å². The molecule has 2 aliphatic heterocycles. The first-order chi connectivity index (χ1) is 12.9. The largest absolute Gasteiger partial charge is 0.508 e. The molecule has 8 heteroatoms. The Morgan fingerprint density at radius 1 is 1.26 bits per heavy atom. The quantitative estimate of drug-likeness (QED) is 0.853. The van der Waals surface area contributed by atoms with Gasteiger partial charge in [-0.2, -0.15) is 0 Å². The van der Waals surface area contributed by atoms with Crippen molar-refractivity contribution in [2.24, 2.45) is 5.92 Å². The Morgan fingerprint density at radius 3 is 2.78 bits per heavy atom. The number of hydrogen-bond acceptors (Lipinski definition) is 6. The number of carbonyl (C=O) groups excluding carboxylic acids is 1. The first kappa shape index (κ1) is 17.8. The Kier molecular flexibility index (Phi) is 4.30. The predicted molar refractivity (Wildman–Crippen MR) is 98.4 cm³/mol. The number of nitrogens with zero attached hydrogens (tertiary/aromatic N) is 2. The van der Waals surface area contributed by atoms with Gasteiger partial charge in [0.05, 0.1) is 12.4 Å². The van der Waals surface area contributed by atoms with Crippen molar-refractivity contribution >= 4 is 15.7 Å². The first-order valence-electron chi connectivity index (χ1n) is 8.76. The molecule has 1 N–H and O–H groups in total. The topological polar surface area (TPSA) is 96.8 Å². The number of ether oxygens (including phenoxy) is 1. The van der Waals surface area contributed by atoms with Crippen LogP contribution in [0.15, 0.2) is 48.7 Å². The Bertz CT molecular complexity index is 955. The van der Waals surface area contributed by atoms with Crippen LogP contribution >= 0.6 is 0 Å². The van der Waals surface area contributed by atoms with Gasteiger partial charge in [0, 0.05) is 36.8 Å². The zero-order chi connectivity index (χ0) is 19.1. The van der Waals surface area contributed by atoms with E-state index in [9.17, 15) is 18.3 Å². The van der Waals surface area contributed by atoms with Crippen molar-refractivity contribution in [1.82, 2.24) is 9.88 Å².